The zero-order valence-corrected chi connectivity index (χ0v) is 16.4. The van der Waals surface area contributed by atoms with E-state index in [0.29, 0.717) is 16.1 Å². The first-order chi connectivity index (χ1) is 10.8. The number of thioether (sulfide) groups is 1. The van der Waals surface area contributed by atoms with Gasteiger partial charge in [0.15, 0.2) is 5.16 Å². The molecule has 1 rings (SSSR count). The molecule has 0 saturated carbocycles. The Balaban J connectivity index is 2.79. The van der Waals surface area contributed by atoms with Crippen LogP contribution < -0.4 is 4.90 Å². The molecule has 0 saturated heterocycles. The molecule has 1 amide bonds. The van der Waals surface area contributed by atoms with E-state index in [4.69, 9.17) is 11.6 Å². The van der Waals surface area contributed by atoms with Crippen LogP contribution in [-0.2, 0) is 4.79 Å². The minimum absolute atomic E-state index is 0.0899. The van der Waals surface area contributed by atoms with Crippen LogP contribution in [0.15, 0.2) is 11.2 Å². The smallest absolute Gasteiger partial charge is 0.233 e. The number of amides is 1. The van der Waals surface area contributed by atoms with E-state index in [2.05, 4.69) is 16.9 Å². The van der Waals surface area contributed by atoms with Crippen molar-refractivity contribution in [3.05, 3.63) is 11.2 Å². The summed E-state index contributed by atoms with van der Waals surface area (Å²) in [6, 6.07) is 2.10. The first kappa shape index (κ1) is 20.0. The lowest BCUT2D eigenvalue weighted by atomic mass is 10.2. The molecule has 23 heavy (non-hydrogen) atoms. The monoisotopic (exact) mass is 358 g/mol. The van der Waals surface area contributed by atoms with Gasteiger partial charge in [-0.2, -0.15) is 0 Å². The molecule has 130 valence electrons. The Bertz CT molecular complexity index is 517. The van der Waals surface area contributed by atoms with Crippen LogP contribution in [0.5, 0.6) is 0 Å². The molecule has 0 spiro atoms. The number of halogens is 1. The molecule has 1 aromatic rings. The van der Waals surface area contributed by atoms with E-state index in [1.165, 1.54) is 11.8 Å². The number of carbonyl (C=O) groups is 1. The molecule has 1 heterocycles. The molecule has 0 aliphatic rings. The third-order valence-electron chi connectivity index (χ3n) is 3.34. The average Bonchev–Trinajstić information content (AvgIpc) is 2.44. The third kappa shape index (κ3) is 6.18. The van der Waals surface area contributed by atoms with Crippen LogP contribution >= 0.6 is 23.4 Å². The number of anilines is 1. The number of hydrogen-bond acceptors (Lipinski definition) is 5. The molecule has 0 bridgehead atoms. The van der Waals surface area contributed by atoms with Crippen LogP contribution in [0, 0.1) is 0 Å². The highest BCUT2D eigenvalue weighted by molar-refractivity contribution is 7.99. The summed E-state index contributed by atoms with van der Waals surface area (Å²) in [5.74, 6) is 1.19. The molecule has 0 aliphatic heterocycles. The van der Waals surface area contributed by atoms with Crippen molar-refractivity contribution >= 4 is 35.1 Å². The fraction of sp³-hybridized carbons (Fsp3) is 0.688. The number of aromatic nitrogens is 2. The van der Waals surface area contributed by atoms with E-state index in [9.17, 15) is 4.79 Å². The highest BCUT2D eigenvalue weighted by Gasteiger charge is 2.20. The second-order valence-corrected chi connectivity index (χ2v) is 7.36. The molecule has 7 heteroatoms. The van der Waals surface area contributed by atoms with Crippen molar-refractivity contribution in [2.75, 3.05) is 24.2 Å². The standard InChI is InChI=1S/C16H27ClN4OS/c1-7-8-20(6)14-9-13(17)18-16(19-14)23-10-15(22)21(11(2)3)12(4)5/h9,11-12H,7-8,10H2,1-6H3. The molecule has 0 N–H and O–H groups in total. The second kappa shape index (κ2) is 9.33. The van der Waals surface area contributed by atoms with Crippen LogP contribution in [-0.4, -0.2) is 52.2 Å². The lowest BCUT2D eigenvalue weighted by Gasteiger charge is -2.30. The van der Waals surface area contributed by atoms with Crippen LogP contribution in [0.2, 0.25) is 5.15 Å². The highest BCUT2D eigenvalue weighted by Crippen LogP contribution is 2.22. The number of hydrogen-bond donors (Lipinski definition) is 0. The van der Waals surface area contributed by atoms with Gasteiger partial charge < -0.3 is 9.80 Å². The third-order valence-corrected chi connectivity index (χ3v) is 4.36. The van der Waals surface area contributed by atoms with Gasteiger partial charge in [-0.1, -0.05) is 30.3 Å². The average molecular weight is 359 g/mol. The zero-order valence-electron chi connectivity index (χ0n) is 14.8. The topological polar surface area (TPSA) is 49.3 Å². The normalized spacial score (nSPS) is 11.2. The fourth-order valence-corrected chi connectivity index (χ4v) is 3.42. The fourth-order valence-electron chi connectivity index (χ4n) is 2.47. The van der Waals surface area contributed by atoms with Gasteiger partial charge in [-0.25, -0.2) is 9.97 Å². The molecule has 0 atom stereocenters. The molecule has 0 radical (unpaired) electrons. The number of rotatable bonds is 8. The molecule has 0 aromatic carbocycles. The number of nitrogens with zero attached hydrogens (tertiary/aromatic N) is 4. The summed E-state index contributed by atoms with van der Waals surface area (Å²) in [4.78, 5) is 25.0. The lowest BCUT2D eigenvalue weighted by molar-refractivity contribution is -0.131. The van der Waals surface area contributed by atoms with Gasteiger partial charge >= 0.3 is 0 Å². The molecular weight excluding hydrogens is 332 g/mol. The predicted octanol–water partition coefficient (Wildman–Crippen LogP) is 3.71. The lowest BCUT2D eigenvalue weighted by Crippen LogP contribution is -2.43. The van der Waals surface area contributed by atoms with E-state index >= 15 is 0 Å². The maximum Gasteiger partial charge on any atom is 0.233 e. The van der Waals surface area contributed by atoms with Gasteiger partial charge in [0.25, 0.3) is 0 Å². The highest BCUT2D eigenvalue weighted by atomic mass is 35.5. The summed E-state index contributed by atoms with van der Waals surface area (Å²) >= 11 is 7.42. The van der Waals surface area contributed by atoms with E-state index < -0.39 is 0 Å². The summed E-state index contributed by atoms with van der Waals surface area (Å²) in [6.07, 6.45) is 1.02. The Morgan fingerprint density at radius 2 is 1.87 bits per heavy atom. The molecule has 0 fully saturated rings. The van der Waals surface area contributed by atoms with Crippen LogP contribution in [0.1, 0.15) is 41.0 Å². The molecule has 5 nitrogen and oxygen atoms in total. The van der Waals surface area contributed by atoms with Gasteiger partial charge in [0.05, 0.1) is 5.75 Å². The zero-order chi connectivity index (χ0) is 17.6. The predicted molar refractivity (Wildman–Crippen MR) is 98.4 cm³/mol. The quantitative estimate of drug-likeness (QED) is 0.402. The van der Waals surface area contributed by atoms with Crippen LogP contribution in [0.4, 0.5) is 5.82 Å². The van der Waals surface area contributed by atoms with Crippen molar-refractivity contribution in [3.63, 3.8) is 0 Å². The van der Waals surface area contributed by atoms with Crippen molar-refractivity contribution in [1.29, 1.82) is 0 Å². The minimum Gasteiger partial charge on any atom is -0.360 e. The van der Waals surface area contributed by atoms with Crippen molar-refractivity contribution in [2.24, 2.45) is 0 Å². The molecule has 0 unspecified atom stereocenters. The van der Waals surface area contributed by atoms with E-state index in [-0.39, 0.29) is 18.0 Å². The summed E-state index contributed by atoms with van der Waals surface area (Å²) in [6.45, 7) is 11.1. The van der Waals surface area contributed by atoms with Crippen LogP contribution in [0.3, 0.4) is 0 Å². The molecular formula is C16H27ClN4OS. The van der Waals surface area contributed by atoms with Gasteiger partial charge in [0.1, 0.15) is 11.0 Å². The van der Waals surface area contributed by atoms with Gasteiger partial charge in [-0.3, -0.25) is 4.79 Å². The Morgan fingerprint density at radius 1 is 1.26 bits per heavy atom. The van der Waals surface area contributed by atoms with Crippen LogP contribution in [0.25, 0.3) is 0 Å². The largest absolute Gasteiger partial charge is 0.360 e. The maximum absolute atomic E-state index is 12.4. The Kier molecular flexibility index (Phi) is 8.12. The van der Waals surface area contributed by atoms with Gasteiger partial charge in [-0.05, 0) is 34.1 Å². The van der Waals surface area contributed by atoms with Crippen molar-refractivity contribution in [3.8, 4) is 0 Å². The number of carbonyl (C=O) groups excluding carboxylic acids is 1. The van der Waals surface area contributed by atoms with E-state index in [1.807, 2.05) is 44.5 Å². The molecule has 1 aromatic heterocycles. The van der Waals surface area contributed by atoms with E-state index in [1.54, 1.807) is 6.07 Å². The Hall–Kier alpha value is -1.01. The summed E-state index contributed by atoms with van der Waals surface area (Å²) in [5, 5.41) is 0.939. The van der Waals surface area contributed by atoms with E-state index in [0.717, 1.165) is 18.8 Å². The van der Waals surface area contributed by atoms with Gasteiger partial charge in [-0.15, -0.1) is 0 Å². The van der Waals surface area contributed by atoms with Gasteiger partial charge in [0, 0.05) is 31.7 Å². The minimum atomic E-state index is 0.0899. The Labute approximate surface area is 148 Å². The van der Waals surface area contributed by atoms with Crippen molar-refractivity contribution < 1.29 is 4.79 Å². The van der Waals surface area contributed by atoms with Crippen molar-refractivity contribution in [1.82, 2.24) is 14.9 Å². The van der Waals surface area contributed by atoms with Gasteiger partial charge in [0.2, 0.25) is 5.91 Å². The first-order valence-corrected chi connectivity index (χ1v) is 9.32. The summed E-state index contributed by atoms with van der Waals surface area (Å²) in [7, 11) is 1.97. The SMILES string of the molecule is CCCN(C)c1cc(Cl)nc(SCC(=O)N(C(C)C)C(C)C)n1. The second-order valence-electron chi connectivity index (χ2n) is 6.03. The first-order valence-electron chi connectivity index (χ1n) is 7.95. The maximum atomic E-state index is 12.4. The molecule has 0 aliphatic carbocycles. The summed E-state index contributed by atoms with van der Waals surface area (Å²) in [5.41, 5.74) is 0. The van der Waals surface area contributed by atoms with Crippen molar-refractivity contribution in [2.45, 2.75) is 58.3 Å². The summed E-state index contributed by atoms with van der Waals surface area (Å²) < 4.78 is 0. The Morgan fingerprint density at radius 3 is 2.39 bits per heavy atom.